The monoisotopic (exact) mass is 287 g/mol. The van der Waals surface area contributed by atoms with E-state index in [2.05, 4.69) is 43.2 Å². The Balaban J connectivity index is 1.97. The van der Waals surface area contributed by atoms with Crippen molar-refractivity contribution in [3.8, 4) is 0 Å². The van der Waals surface area contributed by atoms with Gasteiger partial charge in [0, 0.05) is 26.7 Å². The molecule has 0 bridgehead atoms. The highest BCUT2D eigenvalue weighted by Gasteiger charge is 2.47. The smallest absolute Gasteiger partial charge is 0.234 e. The number of nitrogens with zero attached hydrogens (tertiary/aromatic N) is 2. The van der Waals surface area contributed by atoms with Crippen LogP contribution in [0.4, 0.5) is 11.4 Å². The maximum Gasteiger partial charge on any atom is 0.234 e. The van der Waals surface area contributed by atoms with Crippen LogP contribution < -0.4 is 15.1 Å². The molecule has 2 aliphatic rings. The molecule has 2 heterocycles. The van der Waals surface area contributed by atoms with Gasteiger partial charge in [-0.15, -0.1) is 0 Å². The van der Waals surface area contributed by atoms with Gasteiger partial charge < -0.3 is 15.1 Å². The second kappa shape index (κ2) is 5.34. The number of amides is 1. The highest BCUT2D eigenvalue weighted by atomic mass is 16.2. The van der Waals surface area contributed by atoms with E-state index < -0.39 is 0 Å². The van der Waals surface area contributed by atoms with E-state index in [1.807, 2.05) is 17.0 Å². The number of para-hydroxylation sites is 2. The largest absolute Gasteiger partial charge is 0.371 e. The van der Waals surface area contributed by atoms with Crippen molar-refractivity contribution in [3.63, 3.8) is 0 Å². The molecule has 1 saturated heterocycles. The Kier molecular flexibility index (Phi) is 3.66. The summed E-state index contributed by atoms with van der Waals surface area (Å²) >= 11 is 0. The zero-order valence-electron chi connectivity index (χ0n) is 13.2. The van der Waals surface area contributed by atoms with Gasteiger partial charge in [-0.25, -0.2) is 0 Å². The number of carbonyl (C=O) groups is 1. The SMILES string of the molecule is CC(C)C1(C(=O)N2CCN(C)c3ccccc32)CCNC1. The van der Waals surface area contributed by atoms with Crippen LogP contribution in [0.2, 0.25) is 0 Å². The maximum absolute atomic E-state index is 13.3. The number of hydrogen-bond acceptors (Lipinski definition) is 3. The summed E-state index contributed by atoms with van der Waals surface area (Å²) in [5, 5.41) is 3.39. The first-order chi connectivity index (χ1) is 10.1. The van der Waals surface area contributed by atoms with Gasteiger partial charge in [0.25, 0.3) is 0 Å². The molecule has 1 atom stereocenters. The third kappa shape index (κ3) is 2.22. The summed E-state index contributed by atoms with van der Waals surface area (Å²) in [4.78, 5) is 17.5. The van der Waals surface area contributed by atoms with Gasteiger partial charge in [-0.2, -0.15) is 0 Å². The summed E-state index contributed by atoms with van der Waals surface area (Å²) in [6.07, 6.45) is 0.942. The Hall–Kier alpha value is -1.55. The minimum absolute atomic E-state index is 0.247. The van der Waals surface area contributed by atoms with E-state index >= 15 is 0 Å². The van der Waals surface area contributed by atoms with Crippen LogP contribution >= 0.6 is 0 Å². The molecule has 1 amide bonds. The summed E-state index contributed by atoms with van der Waals surface area (Å²) in [7, 11) is 2.09. The molecular weight excluding hydrogens is 262 g/mol. The second-order valence-corrected chi connectivity index (χ2v) is 6.60. The molecule has 0 radical (unpaired) electrons. The summed E-state index contributed by atoms with van der Waals surface area (Å²) in [5.74, 6) is 0.648. The minimum atomic E-state index is -0.247. The predicted molar refractivity (Wildman–Crippen MR) is 86.8 cm³/mol. The first kappa shape index (κ1) is 14.4. The Morgan fingerprint density at radius 1 is 1.24 bits per heavy atom. The van der Waals surface area contributed by atoms with Crippen LogP contribution in [0.15, 0.2) is 24.3 Å². The molecule has 1 aromatic carbocycles. The third-order valence-electron chi connectivity index (χ3n) is 5.21. The van der Waals surface area contributed by atoms with E-state index in [4.69, 9.17) is 0 Å². The topological polar surface area (TPSA) is 35.6 Å². The van der Waals surface area contributed by atoms with Crippen molar-refractivity contribution < 1.29 is 4.79 Å². The number of nitrogens with one attached hydrogen (secondary N) is 1. The van der Waals surface area contributed by atoms with Crippen LogP contribution in [0.25, 0.3) is 0 Å². The molecule has 0 saturated carbocycles. The minimum Gasteiger partial charge on any atom is -0.371 e. The average Bonchev–Trinajstić information content (AvgIpc) is 2.98. The molecule has 1 aromatic rings. The van der Waals surface area contributed by atoms with Crippen LogP contribution in [0.1, 0.15) is 20.3 Å². The molecule has 1 fully saturated rings. The van der Waals surface area contributed by atoms with Crippen LogP contribution in [-0.2, 0) is 4.79 Å². The Morgan fingerprint density at radius 2 is 1.95 bits per heavy atom. The molecule has 1 unspecified atom stereocenters. The average molecular weight is 287 g/mol. The highest BCUT2D eigenvalue weighted by Crippen LogP contribution is 2.40. The van der Waals surface area contributed by atoms with Crippen molar-refractivity contribution in [2.75, 3.05) is 43.0 Å². The van der Waals surface area contributed by atoms with Gasteiger partial charge in [-0.05, 0) is 31.0 Å². The Labute approximate surface area is 127 Å². The van der Waals surface area contributed by atoms with Crippen LogP contribution in [0, 0.1) is 11.3 Å². The third-order valence-corrected chi connectivity index (χ3v) is 5.21. The van der Waals surface area contributed by atoms with Crippen molar-refractivity contribution in [1.82, 2.24) is 5.32 Å². The van der Waals surface area contributed by atoms with E-state index in [1.54, 1.807) is 0 Å². The Bertz CT molecular complexity index is 535. The highest BCUT2D eigenvalue weighted by molar-refractivity contribution is 6.01. The summed E-state index contributed by atoms with van der Waals surface area (Å²) < 4.78 is 0. The molecular formula is C17H25N3O. The zero-order valence-corrected chi connectivity index (χ0v) is 13.2. The zero-order chi connectivity index (χ0) is 15.0. The lowest BCUT2D eigenvalue weighted by molar-refractivity contribution is -0.129. The van der Waals surface area contributed by atoms with Crippen LogP contribution in [-0.4, -0.2) is 39.1 Å². The molecule has 4 heteroatoms. The molecule has 21 heavy (non-hydrogen) atoms. The summed E-state index contributed by atoms with van der Waals surface area (Å²) in [5.41, 5.74) is 1.97. The Morgan fingerprint density at radius 3 is 2.57 bits per heavy atom. The summed E-state index contributed by atoms with van der Waals surface area (Å²) in [6, 6.07) is 8.23. The fraction of sp³-hybridized carbons (Fsp3) is 0.588. The second-order valence-electron chi connectivity index (χ2n) is 6.60. The maximum atomic E-state index is 13.3. The number of likely N-dealkylation sites (N-methyl/N-ethyl adjacent to an activating group) is 1. The van der Waals surface area contributed by atoms with Crippen molar-refractivity contribution in [2.24, 2.45) is 11.3 Å². The molecule has 4 nitrogen and oxygen atoms in total. The fourth-order valence-corrected chi connectivity index (χ4v) is 3.62. The molecule has 3 rings (SSSR count). The van der Waals surface area contributed by atoms with Gasteiger partial charge in [0.15, 0.2) is 0 Å². The number of fused-ring (bicyclic) bond motifs is 1. The van der Waals surface area contributed by atoms with Gasteiger partial charge in [-0.3, -0.25) is 4.79 Å². The molecule has 0 aliphatic carbocycles. The van der Waals surface area contributed by atoms with E-state index in [0.29, 0.717) is 11.8 Å². The molecule has 114 valence electrons. The van der Waals surface area contributed by atoms with Gasteiger partial charge in [0.1, 0.15) is 0 Å². The van der Waals surface area contributed by atoms with Gasteiger partial charge in [-0.1, -0.05) is 26.0 Å². The normalized spacial score (nSPS) is 25.3. The van der Waals surface area contributed by atoms with Gasteiger partial charge in [0.2, 0.25) is 5.91 Å². The van der Waals surface area contributed by atoms with Crippen molar-refractivity contribution >= 4 is 17.3 Å². The molecule has 2 aliphatic heterocycles. The molecule has 0 aromatic heterocycles. The van der Waals surface area contributed by atoms with Crippen LogP contribution in [0.3, 0.4) is 0 Å². The standard InChI is InChI=1S/C17H25N3O/c1-13(2)17(8-9-18-12-17)16(21)20-11-10-19(3)14-6-4-5-7-15(14)20/h4-7,13,18H,8-12H2,1-3H3. The lowest BCUT2D eigenvalue weighted by Gasteiger charge is -2.41. The fourth-order valence-electron chi connectivity index (χ4n) is 3.62. The van der Waals surface area contributed by atoms with E-state index in [0.717, 1.165) is 44.0 Å². The van der Waals surface area contributed by atoms with Crippen molar-refractivity contribution in [2.45, 2.75) is 20.3 Å². The van der Waals surface area contributed by atoms with Crippen molar-refractivity contribution in [1.29, 1.82) is 0 Å². The first-order valence-electron chi connectivity index (χ1n) is 7.89. The lowest BCUT2D eigenvalue weighted by atomic mass is 9.75. The number of rotatable bonds is 2. The van der Waals surface area contributed by atoms with E-state index in [9.17, 15) is 4.79 Å². The summed E-state index contributed by atoms with van der Waals surface area (Å²) in [6.45, 7) is 7.77. The van der Waals surface area contributed by atoms with Gasteiger partial charge >= 0.3 is 0 Å². The number of hydrogen-bond donors (Lipinski definition) is 1. The number of anilines is 2. The first-order valence-corrected chi connectivity index (χ1v) is 7.89. The molecule has 1 N–H and O–H groups in total. The van der Waals surface area contributed by atoms with E-state index in [-0.39, 0.29) is 5.41 Å². The van der Waals surface area contributed by atoms with Crippen molar-refractivity contribution in [3.05, 3.63) is 24.3 Å². The van der Waals surface area contributed by atoms with Crippen LogP contribution in [0.5, 0.6) is 0 Å². The number of benzene rings is 1. The lowest BCUT2D eigenvalue weighted by Crippen LogP contribution is -2.52. The van der Waals surface area contributed by atoms with E-state index in [1.165, 1.54) is 0 Å². The molecule has 0 spiro atoms. The number of carbonyl (C=O) groups excluding carboxylic acids is 1. The van der Waals surface area contributed by atoms with Gasteiger partial charge in [0.05, 0.1) is 16.8 Å². The quantitative estimate of drug-likeness (QED) is 0.905. The predicted octanol–water partition coefficient (Wildman–Crippen LogP) is 2.11.